The van der Waals surface area contributed by atoms with Gasteiger partial charge in [0.15, 0.2) is 0 Å². The molecular formula is C11H10ClNO2. The largest absolute Gasteiger partial charge is 0.277 e. The molecule has 2 rings (SSSR count). The van der Waals surface area contributed by atoms with Gasteiger partial charge in [0.2, 0.25) is 5.91 Å². The monoisotopic (exact) mass is 223 g/mol. The van der Waals surface area contributed by atoms with E-state index >= 15 is 0 Å². The fourth-order valence-electron chi connectivity index (χ4n) is 1.71. The zero-order chi connectivity index (χ0) is 10.8. The predicted molar refractivity (Wildman–Crippen MR) is 56.9 cm³/mol. The van der Waals surface area contributed by atoms with Gasteiger partial charge in [-0.2, -0.15) is 0 Å². The van der Waals surface area contributed by atoms with Crippen LogP contribution in [0, 0.1) is 0 Å². The molecule has 0 saturated carbocycles. The minimum atomic E-state index is -0.234. The summed E-state index contributed by atoms with van der Waals surface area (Å²) in [5.41, 5.74) is 1.42. The molecule has 0 atom stereocenters. The maximum absolute atomic E-state index is 11.9. The number of halogens is 1. The van der Waals surface area contributed by atoms with Crippen molar-refractivity contribution in [2.45, 2.75) is 6.42 Å². The molecule has 2 amide bonds. The van der Waals surface area contributed by atoms with Gasteiger partial charge in [-0.1, -0.05) is 18.2 Å². The molecule has 0 N–H and O–H groups in total. The van der Waals surface area contributed by atoms with Crippen LogP contribution in [0.15, 0.2) is 24.3 Å². The van der Waals surface area contributed by atoms with Crippen molar-refractivity contribution >= 4 is 23.4 Å². The zero-order valence-corrected chi connectivity index (χ0v) is 8.83. The number of amides is 2. The fraction of sp³-hybridized carbons (Fsp3) is 0.273. The first-order chi connectivity index (χ1) is 7.24. The number of carbonyl (C=O) groups is 2. The van der Waals surface area contributed by atoms with Crippen LogP contribution in [0.3, 0.4) is 0 Å². The number of fused-ring (bicyclic) bond motifs is 1. The lowest BCUT2D eigenvalue weighted by Gasteiger charge is -2.25. The summed E-state index contributed by atoms with van der Waals surface area (Å²) in [6.45, 7) is 0.285. The van der Waals surface area contributed by atoms with E-state index in [4.69, 9.17) is 11.6 Å². The summed E-state index contributed by atoms with van der Waals surface area (Å²) in [6, 6.07) is 7.18. The highest BCUT2D eigenvalue weighted by atomic mass is 35.5. The Morgan fingerprint density at radius 1 is 1.27 bits per heavy atom. The summed E-state index contributed by atoms with van der Waals surface area (Å²) in [4.78, 5) is 24.7. The third kappa shape index (κ3) is 1.75. The lowest BCUT2D eigenvalue weighted by molar-refractivity contribution is -0.128. The van der Waals surface area contributed by atoms with Gasteiger partial charge in [-0.05, 0) is 11.6 Å². The lowest BCUT2D eigenvalue weighted by Crippen LogP contribution is -2.43. The van der Waals surface area contributed by atoms with Crippen molar-refractivity contribution in [3.8, 4) is 0 Å². The molecule has 1 heterocycles. The van der Waals surface area contributed by atoms with Crippen molar-refractivity contribution in [1.82, 2.24) is 4.90 Å². The van der Waals surface area contributed by atoms with E-state index in [1.807, 2.05) is 12.1 Å². The minimum Gasteiger partial charge on any atom is -0.277 e. The first-order valence-electron chi connectivity index (χ1n) is 4.72. The minimum absolute atomic E-state index is 0.167. The molecule has 0 saturated heterocycles. The molecule has 78 valence electrons. The van der Waals surface area contributed by atoms with Crippen LogP contribution < -0.4 is 0 Å². The van der Waals surface area contributed by atoms with Gasteiger partial charge < -0.3 is 0 Å². The van der Waals surface area contributed by atoms with Crippen LogP contribution in [0.1, 0.15) is 15.9 Å². The van der Waals surface area contributed by atoms with E-state index in [0.29, 0.717) is 12.0 Å². The molecule has 0 aromatic heterocycles. The van der Waals surface area contributed by atoms with E-state index in [1.165, 1.54) is 4.90 Å². The standard InChI is InChI=1S/C11H10ClNO2/c12-5-6-13-10(14)7-8-3-1-2-4-9(8)11(13)15/h1-4H,5-7H2. The molecular weight excluding hydrogens is 214 g/mol. The fourth-order valence-corrected chi connectivity index (χ4v) is 1.88. The Kier molecular flexibility index (Phi) is 2.73. The Hall–Kier alpha value is -1.35. The SMILES string of the molecule is O=C1Cc2ccccc2C(=O)N1CCCl. The average molecular weight is 224 g/mol. The molecule has 0 aliphatic carbocycles. The highest BCUT2D eigenvalue weighted by Gasteiger charge is 2.29. The Balaban J connectivity index is 2.38. The Bertz CT molecular complexity index is 417. The van der Waals surface area contributed by atoms with Crippen molar-refractivity contribution in [2.24, 2.45) is 0 Å². The van der Waals surface area contributed by atoms with Crippen LogP contribution in [-0.4, -0.2) is 29.1 Å². The number of imide groups is 1. The van der Waals surface area contributed by atoms with Crippen molar-refractivity contribution < 1.29 is 9.59 Å². The van der Waals surface area contributed by atoms with Crippen LogP contribution in [0.5, 0.6) is 0 Å². The normalized spacial score (nSPS) is 15.4. The van der Waals surface area contributed by atoms with Gasteiger partial charge in [0.1, 0.15) is 0 Å². The van der Waals surface area contributed by atoms with Gasteiger partial charge in [0.05, 0.1) is 6.42 Å². The summed E-state index contributed by atoms with van der Waals surface area (Å²) >= 11 is 5.55. The van der Waals surface area contributed by atoms with E-state index in [2.05, 4.69) is 0 Å². The maximum Gasteiger partial charge on any atom is 0.260 e. The summed E-state index contributed by atoms with van der Waals surface area (Å²) in [6.07, 6.45) is 0.290. The molecule has 1 aliphatic rings. The molecule has 0 radical (unpaired) electrons. The second kappa shape index (κ2) is 4.03. The van der Waals surface area contributed by atoms with Crippen LogP contribution in [-0.2, 0) is 11.2 Å². The quantitative estimate of drug-likeness (QED) is 0.562. The molecule has 1 aromatic rings. The number of alkyl halides is 1. The Morgan fingerprint density at radius 3 is 2.73 bits per heavy atom. The summed E-state index contributed by atoms with van der Waals surface area (Å²) in [5.74, 6) is -0.124. The average Bonchev–Trinajstić information content (AvgIpc) is 2.24. The van der Waals surface area contributed by atoms with Crippen LogP contribution in [0.2, 0.25) is 0 Å². The molecule has 1 aromatic carbocycles. The third-order valence-electron chi connectivity index (χ3n) is 2.44. The molecule has 15 heavy (non-hydrogen) atoms. The summed E-state index contributed by atoms with van der Waals surface area (Å²) in [7, 11) is 0. The highest BCUT2D eigenvalue weighted by Crippen LogP contribution is 2.19. The number of hydrogen-bond acceptors (Lipinski definition) is 2. The van der Waals surface area contributed by atoms with E-state index in [0.717, 1.165) is 5.56 Å². The van der Waals surface area contributed by atoms with E-state index < -0.39 is 0 Å². The number of nitrogens with zero attached hydrogens (tertiary/aromatic N) is 1. The number of benzene rings is 1. The van der Waals surface area contributed by atoms with Crippen molar-refractivity contribution in [3.63, 3.8) is 0 Å². The molecule has 3 nitrogen and oxygen atoms in total. The lowest BCUT2D eigenvalue weighted by atomic mass is 9.99. The van der Waals surface area contributed by atoms with E-state index in [-0.39, 0.29) is 24.2 Å². The zero-order valence-electron chi connectivity index (χ0n) is 8.07. The Labute approximate surface area is 92.6 Å². The topological polar surface area (TPSA) is 37.4 Å². The van der Waals surface area contributed by atoms with Gasteiger partial charge in [0, 0.05) is 18.0 Å². The second-order valence-electron chi connectivity index (χ2n) is 3.37. The molecule has 4 heteroatoms. The summed E-state index contributed by atoms with van der Waals surface area (Å²) < 4.78 is 0. The summed E-state index contributed by atoms with van der Waals surface area (Å²) in [5, 5.41) is 0. The van der Waals surface area contributed by atoms with Crippen LogP contribution >= 0.6 is 11.6 Å². The van der Waals surface area contributed by atoms with Crippen molar-refractivity contribution in [3.05, 3.63) is 35.4 Å². The van der Waals surface area contributed by atoms with E-state index in [9.17, 15) is 9.59 Å². The molecule has 1 aliphatic heterocycles. The predicted octanol–water partition coefficient (Wildman–Crippen LogP) is 1.45. The van der Waals surface area contributed by atoms with Gasteiger partial charge in [0.25, 0.3) is 5.91 Å². The molecule has 0 spiro atoms. The number of hydrogen-bond donors (Lipinski definition) is 0. The van der Waals surface area contributed by atoms with Crippen molar-refractivity contribution in [1.29, 1.82) is 0 Å². The highest BCUT2D eigenvalue weighted by molar-refractivity contribution is 6.18. The second-order valence-corrected chi connectivity index (χ2v) is 3.75. The molecule has 0 bridgehead atoms. The van der Waals surface area contributed by atoms with Crippen molar-refractivity contribution in [2.75, 3.05) is 12.4 Å². The van der Waals surface area contributed by atoms with Crippen LogP contribution in [0.4, 0.5) is 0 Å². The number of carbonyl (C=O) groups excluding carboxylic acids is 2. The molecule has 0 unspecified atom stereocenters. The number of rotatable bonds is 2. The smallest absolute Gasteiger partial charge is 0.260 e. The Morgan fingerprint density at radius 2 is 2.00 bits per heavy atom. The first-order valence-corrected chi connectivity index (χ1v) is 5.26. The van der Waals surface area contributed by atoms with Gasteiger partial charge >= 0.3 is 0 Å². The van der Waals surface area contributed by atoms with E-state index in [1.54, 1.807) is 12.1 Å². The third-order valence-corrected chi connectivity index (χ3v) is 2.61. The van der Waals surface area contributed by atoms with Gasteiger partial charge in [-0.25, -0.2) is 0 Å². The van der Waals surface area contributed by atoms with Crippen LogP contribution in [0.25, 0.3) is 0 Å². The maximum atomic E-state index is 11.9. The first kappa shape index (κ1) is 10.2. The van der Waals surface area contributed by atoms with Gasteiger partial charge in [-0.3, -0.25) is 14.5 Å². The van der Waals surface area contributed by atoms with Gasteiger partial charge in [-0.15, -0.1) is 11.6 Å². The molecule has 0 fully saturated rings.